The van der Waals surface area contributed by atoms with Crippen LogP contribution >= 0.6 is 11.3 Å². The lowest BCUT2D eigenvalue weighted by atomic mass is 10.0. The van der Waals surface area contributed by atoms with Gasteiger partial charge in [-0.3, -0.25) is 0 Å². The first-order valence-electron chi connectivity index (χ1n) is 14.5. The smallest absolute Gasteiger partial charge is 0.137 e. The van der Waals surface area contributed by atoms with Crippen molar-refractivity contribution in [2.24, 2.45) is 0 Å². The van der Waals surface area contributed by atoms with Gasteiger partial charge in [-0.2, -0.15) is 5.26 Å². The Morgan fingerprint density at radius 2 is 2.08 bits per heavy atom. The van der Waals surface area contributed by atoms with Crippen LogP contribution in [-0.4, -0.2) is 53.9 Å². The molecule has 6 rings (SSSR count). The molecule has 1 saturated heterocycles. The van der Waals surface area contributed by atoms with Crippen molar-refractivity contribution in [3.63, 3.8) is 0 Å². The standard InChI is InChI=1S/C27H27N3OS.C6H13NO/c1-17(2)31-25-11-8-19(14-20(25)15-28)27-30-16-26(32-27)23-5-3-4-22-21(23)9-10-24(22)29-13-12-18-6-7-18;1-7-4-2-3-6(8)5-7/h3-5,8,11-12,14,16-17,24,29H,6-7,9-10,13H2,1-2H3;6,8H,2-5H2,1H3. The Labute approximate surface area is 242 Å². The number of hydrogen-bond donors (Lipinski definition) is 2. The highest BCUT2D eigenvalue weighted by Gasteiger charge is 2.25. The first-order chi connectivity index (χ1) is 19.4. The molecule has 7 heteroatoms. The van der Waals surface area contributed by atoms with E-state index in [2.05, 4.69) is 40.6 Å². The molecule has 6 nitrogen and oxygen atoms in total. The van der Waals surface area contributed by atoms with Gasteiger partial charge in [0, 0.05) is 30.9 Å². The number of likely N-dealkylation sites (tertiary alicyclic amines) is 1. The summed E-state index contributed by atoms with van der Waals surface area (Å²) in [5.41, 5.74) is 7.24. The maximum absolute atomic E-state index is 9.56. The zero-order valence-electron chi connectivity index (χ0n) is 23.8. The molecule has 0 radical (unpaired) electrons. The molecule has 1 saturated carbocycles. The van der Waals surface area contributed by atoms with Crippen molar-refractivity contribution in [1.29, 1.82) is 5.26 Å². The molecule has 2 aliphatic carbocycles. The fraction of sp³-hybridized carbons (Fsp3) is 0.455. The Balaban J connectivity index is 0.000000348. The van der Waals surface area contributed by atoms with Crippen molar-refractivity contribution < 1.29 is 9.84 Å². The Bertz CT molecular complexity index is 1380. The van der Waals surface area contributed by atoms with E-state index in [0.29, 0.717) is 17.4 Å². The van der Waals surface area contributed by atoms with E-state index in [0.717, 1.165) is 55.9 Å². The van der Waals surface area contributed by atoms with Crippen molar-refractivity contribution in [3.05, 3.63) is 70.9 Å². The lowest BCUT2D eigenvalue weighted by Crippen LogP contribution is -2.34. The zero-order valence-corrected chi connectivity index (χ0v) is 24.6. The van der Waals surface area contributed by atoms with Crippen LogP contribution in [-0.2, 0) is 6.42 Å². The molecule has 2 fully saturated rings. The van der Waals surface area contributed by atoms with E-state index >= 15 is 0 Å². The summed E-state index contributed by atoms with van der Waals surface area (Å²) in [5.74, 6) is 0.625. The second-order valence-electron chi connectivity index (χ2n) is 11.3. The first-order valence-corrected chi connectivity index (χ1v) is 15.3. The second-order valence-corrected chi connectivity index (χ2v) is 12.3. The summed E-state index contributed by atoms with van der Waals surface area (Å²) in [7, 11) is 2.04. The largest absolute Gasteiger partial charge is 0.490 e. The molecule has 3 aliphatic rings. The third kappa shape index (κ3) is 7.18. The molecule has 3 aromatic rings. The van der Waals surface area contributed by atoms with Crippen LogP contribution in [0.25, 0.3) is 21.0 Å². The highest BCUT2D eigenvalue weighted by molar-refractivity contribution is 7.18. The number of nitrogens with zero attached hydrogens (tertiary/aromatic N) is 3. The number of aliphatic hydroxyl groups is 1. The minimum absolute atomic E-state index is 0.0308. The molecule has 2 heterocycles. The highest BCUT2D eigenvalue weighted by atomic mass is 32.1. The van der Waals surface area contributed by atoms with Gasteiger partial charge in [-0.15, -0.1) is 11.3 Å². The maximum atomic E-state index is 9.56. The van der Waals surface area contributed by atoms with Crippen molar-refractivity contribution in [2.45, 2.75) is 70.6 Å². The number of thiazole rings is 1. The van der Waals surface area contributed by atoms with Crippen LogP contribution in [0.15, 0.2) is 54.2 Å². The third-order valence-electron chi connectivity index (χ3n) is 7.64. The number of ether oxygens (including phenoxy) is 1. The molecule has 0 amide bonds. The summed E-state index contributed by atoms with van der Waals surface area (Å²) in [6.45, 7) is 6.90. The van der Waals surface area contributed by atoms with Gasteiger partial charge in [-0.25, -0.2) is 4.98 Å². The summed E-state index contributed by atoms with van der Waals surface area (Å²) in [6, 6.07) is 15.1. The summed E-state index contributed by atoms with van der Waals surface area (Å²) in [6.07, 6.45) is 11.2. The Hall–Kier alpha value is -3.02. The molecular weight excluding hydrogens is 516 g/mol. The molecule has 0 bridgehead atoms. The van der Waals surface area contributed by atoms with E-state index in [-0.39, 0.29) is 12.2 Å². The number of aromatic nitrogens is 1. The monoisotopic (exact) mass is 556 g/mol. The lowest BCUT2D eigenvalue weighted by Gasteiger charge is -2.25. The van der Waals surface area contributed by atoms with E-state index in [9.17, 15) is 5.26 Å². The Morgan fingerprint density at radius 3 is 2.77 bits per heavy atom. The third-order valence-corrected chi connectivity index (χ3v) is 8.72. The summed E-state index contributed by atoms with van der Waals surface area (Å²) >= 11 is 1.68. The minimum Gasteiger partial charge on any atom is -0.490 e. The maximum Gasteiger partial charge on any atom is 0.137 e. The van der Waals surface area contributed by atoms with Gasteiger partial charge < -0.3 is 20.1 Å². The Kier molecular flexibility index (Phi) is 9.33. The van der Waals surface area contributed by atoms with Gasteiger partial charge in [0.1, 0.15) is 16.8 Å². The predicted octanol–water partition coefficient (Wildman–Crippen LogP) is 6.51. The molecule has 2 atom stereocenters. The number of nitriles is 1. The van der Waals surface area contributed by atoms with Gasteiger partial charge in [0.25, 0.3) is 0 Å². The van der Waals surface area contributed by atoms with Crippen LogP contribution in [0.5, 0.6) is 5.75 Å². The number of benzene rings is 2. The minimum atomic E-state index is -0.0613. The van der Waals surface area contributed by atoms with Gasteiger partial charge in [0.15, 0.2) is 0 Å². The van der Waals surface area contributed by atoms with E-state index < -0.39 is 0 Å². The number of hydrogen-bond acceptors (Lipinski definition) is 7. The molecule has 1 aliphatic heterocycles. The second kappa shape index (κ2) is 13.1. The van der Waals surface area contributed by atoms with Crippen LogP contribution in [0.2, 0.25) is 0 Å². The lowest BCUT2D eigenvalue weighted by molar-refractivity contribution is 0.0846. The first kappa shape index (κ1) is 28.5. The number of aliphatic hydroxyl groups excluding tert-OH is 1. The summed E-state index contributed by atoms with van der Waals surface area (Å²) < 4.78 is 5.76. The number of likely N-dealkylation sites (N-methyl/N-ethyl adjacent to an activating group) is 1. The molecule has 2 unspecified atom stereocenters. The van der Waals surface area contributed by atoms with Gasteiger partial charge in [0.2, 0.25) is 0 Å². The van der Waals surface area contributed by atoms with E-state index in [4.69, 9.17) is 14.8 Å². The SMILES string of the molecule is CC(C)Oc1ccc(-c2ncc(-c3cccc4c3CCC4NCC=C3CC3)s2)cc1C#N.CN1CCCC(O)C1. The van der Waals surface area contributed by atoms with Crippen LogP contribution in [0.1, 0.15) is 68.7 Å². The average Bonchev–Trinajstić information content (AvgIpc) is 3.46. The van der Waals surface area contributed by atoms with Crippen molar-refractivity contribution in [2.75, 3.05) is 26.7 Å². The topological polar surface area (TPSA) is 81.4 Å². The van der Waals surface area contributed by atoms with Gasteiger partial charge >= 0.3 is 0 Å². The molecule has 210 valence electrons. The fourth-order valence-corrected chi connectivity index (χ4v) is 6.46. The molecule has 1 aromatic heterocycles. The van der Waals surface area contributed by atoms with Crippen LogP contribution < -0.4 is 10.1 Å². The normalized spacial score (nSPS) is 19.9. The number of fused-ring (bicyclic) bond motifs is 1. The number of allylic oxidation sites excluding steroid dienone is 1. The predicted molar refractivity (Wildman–Crippen MR) is 163 cm³/mol. The fourth-order valence-electron chi connectivity index (χ4n) is 5.50. The van der Waals surface area contributed by atoms with Crippen LogP contribution in [0, 0.1) is 11.3 Å². The quantitative estimate of drug-likeness (QED) is 0.323. The highest BCUT2D eigenvalue weighted by Crippen LogP contribution is 2.41. The van der Waals surface area contributed by atoms with Crippen molar-refractivity contribution >= 4 is 11.3 Å². The average molecular weight is 557 g/mol. The van der Waals surface area contributed by atoms with E-state index in [1.165, 1.54) is 34.4 Å². The van der Waals surface area contributed by atoms with E-state index in [1.54, 1.807) is 16.9 Å². The summed E-state index contributed by atoms with van der Waals surface area (Å²) in [4.78, 5) is 8.03. The number of rotatable bonds is 7. The molecular formula is C33H40N4O2S. The van der Waals surface area contributed by atoms with E-state index in [1.807, 2.05) is 45.3 Å². The van der Waals surface area contributed by atoms with Crippen molar-refractivity contribution in [3.8, 4) is 32.8 Å². The molecule has 2 aromatic carbocycles. The Morgan fingerprint density at radius 1 is 1.23 bits per heavy atom. The van der Waals surface area contributed by atoms with Gasteiger partial charge in [0.05, 0.1) is 22.6 Å². The van der Waals surface area contributed by atoms with Crippen LogP contribution in [0.3, 0.4) is 0 Å². The van der Waals surface area contributed by atoms with Crippen molar-refractivity contribution in [1.82, 2.24) is 15.2 Å². The van der Waals surface area contributed by atoms with Gasteiger partial charge in [-0.05, 0) is 101 Å². The van der Waals surface area contributed by atoms with Gasteiger partial charge in [-0.1, -0.05) is 29.8 Å². The number of β-amino-alcohol motifs (C(OH)–C–C–N with tert-alkyl or cyclic N) is 1. The molecule has 2 N–H and O–H groups in total. The number of nitrogens with one attached hydrogen (secondary N) is 1. The summed E-state index contributed by atoms with van der Waals surface area (Å²) in [5, 5.41) is 23.2. The van der Waals surface area contributed by atoms with Crippen LogP contribution in [0.4, 0.5) is 0 Å². The molecule has 0 spiro atoms. The molecule has 40 heavy (non-hydrogen) atoms. The number of piperidine rings is 1. The zero-order chi connectivity index (χ0) is 28.1.